The third-order valence-corrected chi connectivity index (χ3v) is 9.23. The topological polar surface area (TPSA) is 128 Å². The lowest BCUT2D eigenvalue weighted by atomic mass is 9.96. The van der Waals surface area contributed by atoms with E-state index in [4.69, 9.17) is 21.0 Å². The van der Waals surface area contributed by atoms with Crippen LogP contribution < -0.4 is 5.32 Å². The van der Waals surface area contributed by atoms with E-state index in [1.807, 2.05) is 61.7 Å². The fraction of sp³-hybridized carbons (Fsp3) is 0.216. The number of rotatable bonds is 7. The van der Waals surface area contributed by atoms with Crippen LogP contribution in [0, 0.1) is 24.2 Å². The van der Waals surface area contributed by atoms with Gasteiger partial charge < -0.3 is 14.8 Å². The predicted octanol–water partition coefficient (Wildman–Crippen LogP) is 8.25. The van der Waals surface area contributed by atoms with Gasteiger partial charge in [0.15, 0.2) is 5.58 Å². The number of carboxylic acids is 1. The van der Waals surface area contributed by atoms with Gasteiger partial charge in [-0.3, -0.25) is 19.7 Å². The van der Waals surface area contributed by atoms with E-state index >= 15 is 0 Å². The molecular formula is C37H31ClN6O3. The summed E-state index contributed by atoms with van der Waals surface area (Å²) in [5, 5.41) is 23.4. The minimum atomic E-state index is -0.769. The molecule has 3 aromatic carbocycles. The molecule has 2 aliphatic heterocycles. The Morgan fingerprint density at radius 1 is 1.15 bits per heavy atom. The summed E-state index contributed by atoms with van der Waals surface area (Å²) in [6.45, 7) is 3.73. The van der Waals surface area contributed by atoms with Gasteiger partial charge in [0.1, 0.15) is 11.6 Å². The maximum atomic E-state index is 11.4. The monoisotopic (exact) mass is 642 g/mol. The molecule has 2 N–H and O–H groups in total. The van der Waals surface area contributed by atoms with Gasteiger partial charge in [-0.15, -0.1) is 0 Å². The first kappa shape index (κ1) is 30.4. The number of nitrogens with one attached hydrogen (secondary N) is 1. The minimum Gasteiger partial charge on any atom is -0.481 e. The van der Waals surface area contributed by atoms with Gasteiger partial charge in [-0.05, 0) is 85.3 Å². The Balaban J connectivity index is 1.21. The molecule has 1 saturated heterocycles. The molecule has 47 heavy (non-hydrogen) atoms. The molecule has 4 heterocycles. The fourth-order valence-corrected chi connectivity index (χ4v) is 6.67. The first-order valence-corrected chi connectivity index (χ1v) is 15.9. The number of allylic oxidation sites excluding steroid dienone is 2. The normalized spacial score (nSPS) is 17.4. The van der Waals surface area contributed by atoms with E-state index in [1.165, 1.54) is 0 Å². The number of anilines is 2. The van der Waals surface area contributed by atoms with Crippen LogP contribution in [0.2, 0.25) is 5.02 Å². The molecular weight excluding hydrogens is 612 g/mol. The van der Waals surface area contributed by atoms with Crippen molar-refractivity contribution in [2.75, 3.05) is 18.4 Å². The van der Waals surface area contributed by atoms with Crippen LogP contribution in [-0.4, -0.2) is 45.2 Å². The summed E-state index contributed by atoms with van der Waals surface area (Å²) in [5.41, 5.74) is 9.22. The maximum absolute atomic E-state index is 11.4. The number of aromatic nitrogens is 2. The zero-order valence-electron chi connectivity index (χ0n) is 25.7. The van der Waals surface area contributed by atoms with E-state index in [2.05, 4.69) is 32.3 Å². The van der Waals surface area contributed by atoms with Crippen LogP contribution >= 0.6 is 11.6 Å². The van der Waals surface area contributed by atoms with Crippen LogP contribution in [0.5, 0.6) is 0 Å². The molecule has 9 nitrogen and oxygen atoms in total. The smallest absolute Gasteiger partial charge is 0.307 e. The number of halogens is 1. The number of carbonyl (C=O) groups is 1. The van der Waals surface area contributed by atoms with E-state index in [9.17, 15) is 15.2 Å². The van der Waals surface area contributed by atoms with Gasteiger partial charge in [0.05, 0.1) is 39.8 Å². The minimum absolute atomic E-state index is 0.366. The lowest BCUT2D eigenvalue weighted by molar-refractivity contribution is -0.141. The predicted molar refractivity (Wildman–Crippen MR) is 183 cm³/mol. The second kappa shape index (κ2) is 12.8. The first-order valence-electron chi connectivity index (χ1n) is 15.5. The molecule has 2 aliphatic rings. The van der Waals surface area contributed by atoms with Crippen molar-refractivity contribution < 1.29 is 14.3 Å². The number of aliphatic carboxylic acids is 1. The third-order valence-electron chi connectivity index (χ3n) is 8.82. The van der Waals surface area contributed by atoms with Crippen LogP contribution in [0.25, 0.3) is 33.7 Å². The number of carboxylic acid groups (broad SMARTS) is 1. The van der Waals surface area contributed by atoms with E-state index in [1.54, 1.807) is 18.5 Å². The Morgan fingerprint density at radius 3 is 2.81 bits per heavy atom. The number of nitrogens with zero attached hydrogens (tertiary/aromatic N) is 5. The zero-order valence-corrected chi connectivity index (χ0v) is 26.5. The molecule has 1 fully saturated rings. The molecule has 10 heteroatoms. The molecule has 0 aliphatic carbocycles. The summed E-state index contributed by atoms with van der Waals surface area (Å²) < 4.78 is 6.23. The van der Waals surface area contributed by atoms with Crippen LogP contribution in [-0.2, 0) is 17.8 Å². The zero-order chi connectivity index (χ0) is 32.5. The fourth-order valence-electron chi connectivity index (χ4n) is 6.39. The van der Waals surface area contributed by atoms with Crippen molar-refractivity contribution in [1.82, 2.24) is 14.9 Å². The highest BCUT2D eigenvalue weighted by molar-refractivity contribution is 6.36. The number of likely N-dealkylation sites (tertiary alicyclic amines) is 1. The van der Waals surface area contributed by atoms with Gasteiger partial charge in [-0.2, -0.15) is 5.26 Å². The van der Waals surface area contributed by atoms with Crippen LogP contribution in [0.4, 0.5) is 17.1 Å². The summed E-state index contributed by atoms with van der Waals surface area (Å²) >= 11 is 7.08. The van der Waals surface area contributed by atoms with Gasteiger partial charge in [0.25, 0.3) is 0 Å². The highest BCUT2D eigenvalue weighted by Gasteiger charge is 2.28. The molecule has 234 valence electrons. The average molecular weight is 643 g/mol. The number of pyridine rings is 1. The third kappa shape index (κ3) is 6.01. The van der Waals surface area contributed by atoms with Crippen molar-refractivity contribution >= 4 is 51.9 Å². The van der Waals surface area contributed by atoms with Crippen LogP contribution in [0.3, 0.4) is 0 Å². The van der Waals surface area contributed by atoms with E-state index in [-0.39, 0.29) is 5.92 Å². The number of fused-ring (bicyclic) bond motifs is 2. The van der Waals surface area contributed by atoms with Crippen molar-refractivity contribution in [3.8, 4) is 28.7 Å². The molecule has 2 aromatic heterocycles. The molecule has 7 rings (SSSR count). The second-order valence-corrected chi connectivity index (χ2v) is 12.3. The Labute approximate surface area is 276 Å². The summed E-state index contributed by atoms with van der Waals surface area (Å²) in [7, 11) is 0. The van der Waals surface area contributed by atoms with Gasteiger partial charge >= 0.3 is 5.97 Å². The lowest BCUT2D eigenvalue weighted by Crippen LogP contribution is -2.22. The molecule has 0 bridgehead atoms. The first-order chi connectivity index (χ1) is 22.9. The number of benzene rings is 3. The van der Waals surface area contributed by atoms with Gasteiger partial charge in [-0.25, -0.2) is 4.98 Å². The van der Waals surface area contributed by atoms with Crippen molar-refractivity contribution in [3.05, 3.63) is 100 Å². The van der Waals surface area contributed by atoms with Crippen LogP contribution in [0.15, 0.2) is 82.5 Å². The number of nitriles is 1. The van der Waals surface area contributed by atoms with Crippen molar-refractivity contribution in [3.63, 3.8) is 0 Å². The molecule has 1 atom stereocenters. The number of hydrogen-bond acceptors (Lipinski definition) is 8. The Kier molecular flexibility index (Phi) is 8.29. The summed E-state index contributed by atoms with van der Waals surface area (Å²) in [6.07, 6.45) is 11.9. The molecule has 0 amide bonds. The number of aryl methyl sites for hydroxylation is 1. The standard InChI is InChI=1S/C37H31ClN6O3/c1-22-27(29-10-6-11-30(33(29)38)42-32-19-40-18-24-7-3-2-4-13-41-34(24)32)8-5-9-28(22)36-43-31-16-23(15-26(17-39)35(31)47-36)20-44-14-12-25(21-44)37(45)46/h2,4-6,8-11,13,15-16,18-19,25,42H,3,7,12,14,20-21H2,1H3,(H,45,46)/b4-2-,41-13-/t25-/m1/s1. The molecule has 5 aromatic rings. The van der Waals surface area contributed by atoms with Gasteiger partial charge in [0, 0.05) is 36.6 Å². The Bertz CT molecular complexity index is 2130. The van der Waals surface area contributed by atoms with Crippen molar-refractivity contribution in [1.29, 1.82) is 5.26 Å². The molecule has 0 saturated carbocycles. The average Bonchev–Trinajstić information content (AvgIpc) is 3.70. The molecule has 0 spiro atoms. The highest BCUT2D eigenvalue weighted by Crippen LogP contribution is 2.41. The Morgan fingerprint density at radius 2 is 1.98 bits per heavy atom. The summed E-state index contributed by atoms with van der Waals surface area (Å²) in [4.78, 5) is 27.4. The highest BCUT2D eigenvalue weighted by atomic mass is 35.5. The van der Waals surface area contributed by atoms with Gasteiger partial charge in [0.2, 0.25) is 5.89 Å². The van der Waals surface area contributed by atoms with E-state index < -0.39 is 5.97 Å². The SMILES string of the molecule is Cc1c(-c2nc3cc(CN4CC[C@@H](C(=O)O)C4)cc(C#N)c3o2)cccc1-c1cccc(Nc2cncc3c2/N=C\C=C/CC3)c1Cl. The van der Waals surface area contributed by atoms with Crippen molar-refractivity contribution in [2.45, 2.75) is 32.7 Å². The number of oxazole rings is 1. The number of aliphatic imine (C=N–C) groups is 1. The van der Waals surface area contributed by atoms with E-state index in [0.717, 1.165) is 63.3 Å². The molecule has 0 radical (unpaired) electrons. The quantitative estimate of drug-likeness (QED) is 0.182. The maximum Gasteiger partial charge on any atom is 0.307 e. The molecule has 0 unspecified atom stereocenters. The lowest BCUT2D eigenvalue weighted by Gasteiger charge is -2.17. The van der Waals surface area contributed by atoms with Crippen LogP contribution in [0.1, 0.15) is 35.1 Å². The number of hydrogen-bond donors (Lipinski definition) is 2. The second-order valence-electron chi connectivity index (χ2n) is 11.9. The largest absolute Gasteiger partial charge is 0.481 e. The summed E-state index contributed by atoms with van der Waals surface area (Å²) in [5.74, 6) is -0.727. The van der Waals surface area contributed by atoms with Gasteiger partial charge in [-0.1, -0.05) is 41.9 Å². The Hall–Kier alpha value is -5.30. The summed E-state index contributed by atoms with van der Waals surface area (Å²) in [6, 6.07) is 17.8. The van der Waals surface area contributed by atoms with Crippen molar-refractivity contribution in [2.24, 2.45) is 10.9 Å². The van der Waals surface area contributed by atoms with E-state index in [0.29, 0.717) is 53.6 Å².